The van der Waals surface area contributed by atoms with E-state index >= 15 is 0 Å². The molecule has 1 aromatic rings. The second kappa shape index (κ2) is 7.41. The maximum atomic E-state index is 11.4. The Kier molecular flexibility index (Phi) is 5.81. The van der Waals surface area contributed by atoms with Gasteiger partial charge in [-0.1, -0.05) is 18.2 Å². The molecule has 0 fully saturated rings. The van der Waals surface area contributed by atoms with Gasteiger partial charge in [0.1, 0.15) is 5.75 Å². The van der Waals surface area contributed by atoms with Crippen molar-refractivity contribution in [1.82, 2.24) is 16.2 Å². The molecular formula is C10H12N4O2S2. The van der Waals surface area contributed by atoms with Gasteiger partial charge in [-0.05, 0) is 36.6 Å². The molecule has 0 saturated carbocycles. The molecule has 0 aliphatic carbocycles. The van der Waals surface area contributed by atoms with Crippen LogP contribution in [0.4, 0.5) is 0 Å². The molecular weight excluding hydrogens is 272 g/mol. The Morgan fingerprint density at radius 3 is 2.50 bits per heavy atom. The zero-order chi connectivity index (χ0) is 13.4. The van der Waals surface area contributed by atoms with Gasteiger partial charge in [0.15, 0.2) is 16.8 Å². The van der Waals surface area contributed by atoms with Crippen LogP contribution in [0.5, 0.6) is 5.75 Å². The molecule has 96 valence electrons. The second-order valence-corrected chi connectivity index (χ2v) is 3.94. The lowest BCUT2D eigenvalue weighted by Gasteiger charge is -2.10. The minimum Gasteiger partial charge on any atom is -0.484 e. The number of rotatable bonds is 3. The Morgan fingerprint density at radius 2 is 1.89 bits per heavy atom. The summed E-state index contributed by atoms with van der Waals surface area (Å²) in [6.07, 6.45) is 0. The van der Waals surface area contributed by atoms with Gasteiger partial charge in [0, 0.05) is 0 Å². The summed E-state index contributed by atoms with van der Waals surface area (Å²) in [5.41, 5.74) is 9.99. The van der Waals surface area contributed by atoms with E-state index in [1.54, 1.807) is 12.1 Å². The number of nitrogens with one attached hydrogen (secondary N) is 3. The maximum Gasteiger partial charge on any atom is 0.264 e. The van der Waals surface area contributed by atoms with Crippen LogP contribution in [0.2, 0.25) is 0 Å². The first-order valence-corrected chi connectivity index (χ1v) is 5.72. The Labute approximate surface area is 115 Å². The molecule has 18 heavy (non-hydrogen) atoms. The van der Waals surface area contributed by atoms with Crippen LogP contribution < -0.4 is 26.6 Å². The van der Waals surface area contributed by atoms with Gasteiger partial charge in [0.25, 0.3) is 5.91 Å². The fourth-order valence-corrected chi connectivity index (χ4v) is 1.19. The van der Waals surface area contributed by atoms with Crippen LogP contribution in [0, 0.1) is 0 Å². The van der Waals surface area contributed by atoms with Gasteiger partial charge in [-0.15, -0.1) is 0 Å². The molecule has 0 aromatic heterocycles. The molecule has 0 spiro atoms. The van der Waals surface area contributed by atoms with E-state index in [0.29, 0.717) is 5.75 Å². The van der Waals surface area contributed by atoms with Gasteiger partial charge in [-0.25, -0.2) is 0 Å². The third kappa shape index (κ3) is 5.97. The monoisotopic (exact) mass is 284 g/mol. The summed E-state index contributed by atoms with van der Waals surface area (Å²) < 4.78 is 5.22. The molecule has 6 nitrogen and oxygen atoms in total. The highest BCUT2D eigenvalue weighted by molar-refractivity contribution is 7.80. The lowest BCUT2D eigenvalue weighted by atomic mass is 10.3. The quantitative estimate of drug-likeness (QED) is 0.452. The molecule has 5 N–H and O–H groups in total. The number of amides is 1. The first kappa shape index (κ1) is 14.1. The number of thiocarbonyl (C=S) groups is 2. The van der Waals surface area contributed by atoms with E-state index in [1.165, 1.54) is 0 Å². The maximum absolute atomic E-state index is 11.4. The van der Waals surface area contributed by atoms with E-state index in [1.807, 2.05) is 18.2 Å². The first-order chi connectivity index (χ1) is 8.58. The highest BCUT2D eigenvalue weighted by Gasteiger charge is 2.05. The Morgan fingerprint density at radius 1 is 1.22 bits per heavy atom. The number of hydrogen-bond donors (Lipinski definition) is 4. The molecule has 1 amide bonds. The first-order valence-electron chi connectivity index (χ1n) is 4.91. The van der Waals surface area contributed by atoms with Crippen LogP contribution in [0.15, 0.2) is 30.3 Å². The van der Waals surface area contributed by atoms with Crippen LogP contribution in [-0.4, -0.2) is 22.7 Å². The highest BCUT2D eigenvalue weighted by Crippen LogP contribution is 2.07. The van der Waals surface area contributed by atoms with E-state index in [-0.39, 0.29) is 22.7 Å². The van der Waals surface area contributed by atoms with Crippen LogP contribution >= 0.6 is 24.4 Å². The zero-order valence-electron chi connectivity index (χ0n) is 9.30. The number of para-hydroxylation sites is 1. The number of benzene rings is 1. The second-order valence-electron chi connectivity index (χ2n) is 3.09. The smallest absolute Gasteiger partial charge is 0.264 e. The average Bonchev–Trinajstić information content (AvgIpc) is 2.35. The van der Waals surface area contributed by atoms with Crippen LogP contribution in [0.25, 0.3) is 0 Å². The number of carbonyl (C=O) groups excluding carboxylic acids is 1. The molecule has 8 heteroatoms. The molecule has 0 atom stereocenters. The highest BCUT2D eigenvalue weighted by atomic mass is 32.1. The Bertz CT molecular complexity index is 439. The van der Waals surface area contributed by atoms with Crippen molar-refractivity contribution in [2.45, 2.75) is 0 Å². The Balaban J connectivity index is 2.25. The molecule has 1 rings (SSSR count). The fraction of sp³-hybridized carbons (Fsp3) is 0.100. The largest absolute Gasteiger partial charge is 0.484 e. The summed E-state index contributed by atoms with van der Waals surface area (Å²) in [5.74, 6) is 0.217. The predicted molar refractivity (Wildman–Crippen MR) is 75.7 cm³/mol. The molecule has 0 bridgehead atoms. The van der Waals surface area contributed by atoms with Crippen molar-refractivity contribution < 1.29 is 9.53 Å². The third-order valence-corrected chi connectivity index (χ3v) is 1.97. The van der Waals surface area contributed by atoms with Gasteiger partial charge in [0.2, 0.25) is 0 Å². The summed E-state index contributed by atoms with van der Waals surface area (Å²) >= 11 is 9.35. The number of hydrogen-bond acceptors (Lipinski definition) is 4. The van der Waals surface area contributed by atoms with Crippen molar-refractivity contribution in [2.75, 3.05) is 6.61 Å². The fourth-order valence-electron chi connectivity index (χ4n) is 0.978. The van der Waals surface area contributed by atoms with Crippen molar-refractivity contribution in [3.8, 4) is 5.75 Å². The zero-order valence-corrected chi connectivity index (χ0v) is 10.9. The lowest BCUT2D eigenvalue weighted by molar-refractivity contribution is -0.121. The molecule has 1 aromatic carbocycles. The lowest BCUT2D eigenvalue weighted by Crippen LogP contribution is -2.50. The summed E-state index contributed by atoms with van der Waals surface area (Å²) in [6.45, 7) is -0.140. The van der Waals surface area contributed by atoms with Crippen molar-refractivity contribution in [3.63, 3.8) is 0 Å². The average molecular weight is 284 g/mol. The number of hydrazine groups is 1. The summed E-state index contributed by atoms with van der Waals surface area (Å²) in [4.78, 5) is 11.4. The summed E-state index contributed by atoms with van der Waals surface area (Å²) in [7, 11) is 0. The SMILES string of the molecule is NC(=S)NNC(=S)NC(=O)COc1ccccc1. The van der Waals surface area contributed by atoms with Gasteiger partial charge >= 0.3 is 0 Å². The standard InChI is InChI=1S/C10H12N4O2S2/c11-9(17)13-14-10(18)12-8(15)6-16-7-4-2-1-3-5-7/h1-5H,6H2,(H3,11,13,17)(H2,12,14,15,18). The van der Waals surface area contributed by atoms with Gasteiger partial charge in [-0.2, -0.15) is 0 Å². The molecule has 0 aliphatic heterocycles. The van der Waals surface area contributed by atoms with E-state index in [0.717, 1.165) is 0 Å². The van der Waals surface area contributed by atoms with E-state index in [4.69, 9.17) is 22.7 Å². The van der Waals surface area contributed by atoms with Gasteiger partial charge in [-0.3, -0.25) is 21.0 Å². The number of carbonyl (C=O) groups is 1. The summed E-state index contributed by atoms with van der Waals surface area (Å²) in [6, 6.07) is 8.97. The molecule has 0 aliphatic rings. The minimum atomic E-state index is -0.388. The molecule has 0 unspecified atom stereocenters. The van der Waals surface area contributed by atoms with Crippen LogP contribution in [-0.2, 0) is 4.79 Å². The van der Waals surface area contributed by atoms with Gasteiger partial charge in [0.05, 0.1) is 0 Å². The Hall–Kier alpha value is -1.93. The molecule has 0 radical (unpaired) electrons. The van der Waals surface area contributed by atoms with Crippen molar-refractivity contribution in [3.05, 3.63) is 30.3 Å². The number of nitrogens with two attached hydrogens (primary N) is 1. The van der Waals surface area contributed by atoms with Crippen molar-refractivity contribution in [2.24, 2.45) is 5.73 Å². The van der Waals surface area contributed by atoms with E-state index < -0.39 is 0 Å². The van der Waals surface area contributed by atoms with Gasteiger partial charge < -0.3 is 10.5 Å². The van der Waals surface area contributed by atoms with Crippen molar-refractivity contribution >= 4 is 40.6 Å². The number of ether oxygens (including phenoxy) is 1. The van der Waals surface area contributed by atoms with E-state index in [9.17, 15) is 4.79 Å². The van der Waals surface area contributed by atoms with Crippen LogP contribution in [0.1, 0.15) is 0 Å². The molecule has 0 heterocycles. The topological polar surface area (TPSA) is 88.4 Å². The normalized spacial score (nSPS) is 9.11. The van der Waals surface area contributed by atoms with E-state index in [2.05, 4.69) is 28.4 Å². The predicted octanol–water partition coefficient (Wildman–Crippen LogP) is -0.196. The van der Waals surface area contributed by atoms with Crippen molar-refractivity contribution in [1.29, 1.82) is 0 Å². The minimum absolute atomic E-state index is 0.0205. The molecule has 0 saturated heterocycles. The van der Waals surface area contributed by atoms with Crippen LogP contribution in [0.3, 0.4) is 0 Å². The third-order valence-electron chi connectivity index (χ3n) is 1.67. The summed E-state index contributed by atoms with van der Waals surface area (Å²) in [5, 5.41) is 2.46.